The number of likely N-dealkylation sites (tertiary alicyclic amines) is 1. The number of piperidine rings is 1. The lowest BCUT2D eigenvalue weighted by Gasteiger charge is -2.31. The van der Waals surface area contributed by atoms with Crippen molar-refractivity contribution in [3.8, 4) is 0 Å². The molecule has 1 fully saturated rings. The normalized spacial score (nSPS) is 18.9. The minimum atomic E-state index is 0.0885. The Morgan fingerprint density at radius 1 is 1.35 bits per heavy atom. The maximum Gasteiger partial charge on any atom is 0.185 e. The summed E-state index contributed by atoms with van der Waals surface area (Å²) in [6, 6.07) is 5.55. The molecule has 0 saturated carbocycles. The summed E-state index contributed by atoms with van der Waals surface area (Å²) < 4.78 is 2.00. The molecule has 2 aromatic heterocycles. The Bertz CT molecular complexity index is 637. The van der Waals surface area contributed by atoms with E-state index in [1.165, 1.54) is 5.56 Å². The van der Waals surface area contributed by atoms with E-state index >= 15 is 0 Å². The summed E-state index contributed by atoms with van der Waals surface area (Å²) in [5.41, 5.74) is 1.80. The molecule has 1 aliphatic heterocycles. The van der Waals surface area contributed by atoms with Gasteiger partial charge in [0.1, 0.15) is 5.69 Å². The minimum Gasteiger partial charge on any atom is -0.303 e. The zero-order valence-corrected chi connectivity index (χ0v) is 13.7. The molecule has 122 valence electrons. The maximum absolute atomic E-state index is 12.5. The van der Waals surface area contributed by atoms with Gasteiger partial charge in [-0.05, 0) is 57.0 Å². The number of nitrogens with zero attached hydrogens (tertiary/aromatic N) is 4. The van der Waals surface area contributed by atoms with Gasteiger partial charge in [0.15, 0.2) is 5.78 Å². The molecular weight excluding hydrogens is 288 g/mol. The third-order valence-electron chi connectivity index (χ3n) is 4.42. The monoisotopic (exact) mass is 312 g/mol. The van der Waals surface area contributed by atoms with E-state index in [0.717, 1.165) is 45.4 Å². The Balaban J connectivity index is 1.49. The van der Waals surface area contributed by atoms with E-state index < -0.39 is 0 Å². The highest BCUT2D eigenvalue weighted by Gasteiger charge is 2.26. The molecule has 0 bridgehead atoms. The van der Waals surface area contributed by atoms with Crippen molar-refractivity contribution in [3.05, 3.63) is 48.0 Å². The van der Waals surface area contributed by atoms with E-state index in [2.05, 4.69) is 28.1 Å². The number of Topliss-reactive ketones (excluding diaryl/α,β-unsaturated/α-hetero) is 1. The number of pyridine rings is 1. The van der Waals surface area contributed by atoms with E-state index in [-0.39, 0.29) is 11.7 Å². The number of rotatable bonds is 6. The van der Waals surface area contributed by atoms with Gasteiger partial charge in [0.25, 0.3) is 0 Å². The molecule has 23 heavy (non-hydrogen) atoms. The zero-order valence-electron chi connectivity index (χ0n) is 13.7. The summed E-state index contributed by atoms with van der Waals surface area (Å²) in [7, 11) is 0. The quantitative estimate of drug-likeness (QED) is 0.769. The smallest absolute Gasteiger partial charge is 0.185 e. The summed E-state index contributed by atoms with van der Waals surface area (Å²) in [5.74, 6) is 0.281. The van der Waals surface area contributed by atoms with Gasteiger partial charge in [0.05, 0.1) is 6.20 Å². The lowest BCUT2D eigenvalue weighted by Crippen LogP contribution is -2.39. The van der Waals surface area contributed by atoms with Crippen molar-refractivity contribution in [2.75, 3.05) is 19.6 Å². The van der Waals surface area contributed by atoms with E-state index in [1.807, 2.05) is 29.1 Å². The van der Waals surface area contributed by atoms with Gasteiger partial charge in [-0.2, -0.15) is 5.10 Å². The Morgan fingerprint density at radius 2 is 2.26 bits per heavy atom. The van der Waals surface area contributed by atoms with Crippen molar-refractivity contribution in [3.63, 3.8) is 0 Å². The van der Waals surface area contributed by atoms with Crippen LogP contribution in [0, 0.1) is 12.8 Å². The third kappa shape index (κ3) is 4.26. The number of carbonyl (C=O) groups excluding carboxylic acids is 1. The van der Waals surface area contributed by atoms with Crippen molar-refractivity contribution in [1.82, 2.24) is 19.7 Å². The second-order valence-electron chi connectivity index (χ2n) is 6.35. The molecule has 1 saturated heterocycles. The van der Waals surface area contributed by atoms with Gasteiger partial charge in [-0.1, -0.05) is 6.07 Å². The fourth-order valence-corrected chi connectivity index (χ4v) is 3.24. The molecule has 5 heteroatoms. The van der Waals surface area contributed by atoms with Gasteiger partial charge in [-0.3, -0.25) is 14.5 Å². The van der Waals surface area contributed by atoms with Crippen LogP contribution < -0.4 is 0 Å². The molecule has 0 aliphatic carbocycles. The van der Waals surface area contributed by atoms with Crippen LogP contribution in [0.2, 0.25) is 0 Å². The number of aryl methyl sites for hydroxylation is 2. The number of aromatic nitrogens is 3. The number of ketones is 1. The second-order valence-corrected chi connectivity index (χ2v) is 6.35. The Kier molecular flexibility index (Phi) is 5.18. The Hall–Kier alpha value is -2.01. The summed E-state index contributed by atoms with van der Waals surface area (Å²) in [6.07, 6.45) is 8.78. The molecule has 1 aliphatic rings. The first-order valence-corrected chi connectivity index (χ1v) is 8.39. The van der Waals surface area contributed by atoms with E-state index in [1.54, 1.807) is 6.20 Å². The highest BCUT2D eigenvalue weighted by Crippen LogP contribution is 2.20. The molecule has 0 amide bonds. The van der Waals surface area contributed by atoms with Crippen LogP contribution in [0.15, 0.2) is 36.8 Å². The topological polar surface area (TPSA) is 51.0 Å². The van der Waals surface area contributed by atoms with Gasteiger partial charge < -0.3 is 4.90 Å². The molecule has 1 atom stereocenters. The Labute approximate surface area is 137 Å². The first kappa shape index (κ1) is 15.9. The highest BCUT2D eigenvalue weighted by molar-refractivity contribution is 5.96. The number of hydrogen-bond donors (Lipinski definition) is 0. The number of hydrogen-bond acceptors (Lipinski definition) is 4. The largest absolute Gasteiger partial charge is 0.303 e. The molecule has 2 aromatic rings. The summed E-state index contributed by atoms with van der Waals surface area (Å²) in [4.78, 5) is 19.2. The Morgan fingerprint density at radius 3 is 3.00 bits per heavy atom. The van der Waals surface area contributed by atoms with Crippen LogP contribution in [0.25, 0.3) is 0 Å². The van der Waals surface area contributed by atoms with Gasteiger partial charge >= 0.3 is 0 Å². The number of carbonyl (C=O) groups is 1. The van der Waals surface area contributed by atoms with Crippen molar-refractivity contribution in [2.24, 2.45) is 5.92 Å². The third-order valence-corrected chi connectivity index (χ3v) is 4.42. The van der Waals surface area contributed by atoms with E-state index in [0.29, 0.717) is 5.69 Å². The van der Waals surface area contributed by atoms with Crippen molar-refractivity contribution >= 4 is 5.78 Å². The van der Waals surface area contributed by atoms with Gasteiger partial charge in [0, 0.05) is 31.4 Å². The second kappa shape index (κ2) is 7.51. The van der Waals surface area contributed by atoms with Crippen LogP contribution >= 0.6 is 0 Å². The summed E-state index contributed by atoms with van der Waals surface area (Å²) >= 11 is 0. The zero-order chi connectivity index (χ0) is 16.1. The lowest BCUT2D eigenvalue weighted by molar-refractivity contribution is 0.0812. The fourth-order valence-electron chi connectivity index (χ4n) is 3.24. The van der Waals surface area contributed by atoms with Crippen LogP contribution in [0.4, 0.5) is 0 Å². The van der Waals surface area contributed by atoms with E-state index in [9.17, 15) is 4.79 Å². The van der Waals surface area contributed by atoms with Crippen molar-refractivity contribution < 1.29 is 4.79 Å². The molecule has 3 rings (SSSR count). The highest BCUT2D eigenvalue weighted by atomic mass is 16.1. The minimum absolute atomic E-state index is 0.0885. The predicted molar refractivity (Wildman–Crippen MR) is 89.3 cm³/mol. The van der Waals surface area contributed by atoms with E-state index in [4.69, 9.17) is 0 Å². The van der Waals surface area contributed by atoms with Crippen LogP contribution in [-0.2, 0) is 6.54 Å². The van der Waals surface area contributed by atoms with Gasteiger partial charge in [-0.15, -0.1) is 0 Å². The molecule has 5 nitrogen and oxygen atoms in total. The summed E-state index contributed by atoms with van der Waals surface area (Å²) in [6.45, 7) is 5.95. The molecule has 0 unspecified atom stereocenters. The summed E-state index contributed by atoms with van der Waals surface area (Å²) in [5, 5.41) is 4.32. The average Bonchev–Trinajstić information content (AvgIpc) is 3.00. The van der Waals surface area contributed by atoms with Crippen LogP contribution in [0.1, 0.15) is 35.3 Å². The molecule has 0 spiro atoms. The average molecular weight is 312 g/mol. The molecule has 0 radical (unpaired) electrons. The first-order chi connectivity index (χ1) is 11.2. The standard InChI is InChI=1S/C18H24N4O/c1-15-12-20-22(13-15)11-5-10-21-9-4-6-16(14-21)18(23)17-7-2-3-8-19-17/h2-3,7-8,12-13,16H,4-6,9-11,14H2,1H3/t16-/m0/s1. The first-order valence-electron chi connectivity index (χ1n) is 8.39. The molecular formula is C18H24N4O. The van der Waals surface area contributed by atoms with Gasteiger partial charge in [-0.25, -0.2) is 0 Å². The SMILES string of the molecule is Cc1cnn(CCCN2CCC[C@H](C(=O)c3ccccn3)C2)c1. The van der Waals surface area contributed by atoms with Crippen LogP contribution in [0.3, 0.4) is 0 Å². The van der Waals surface area contributed by atoms with Crippen LogP contribution in [0.5, 0.6) is 0 Å². The van der Waals surface area contributed by atoms with Crippen LogP contribution in [-0.4, -0.2) is 45.1 Å². The van der Waals surface area contributed by atoms with Gasteiger partial charge in [0.2, 0.25) is 0 Å². The van der Waals surface area contributed by atoms with Crippen molar-refractivity contribution in [2.45, 2.75) is 32.7 Å². The van der Waals surface area contributed by atoms with Crippen molar-refractivity contribution in [1.29, 1.82) is 0 Å². The maximum atomic E-state index is 12.5. The molecule has 0 N–H and O–H groups in total. The fraction of sp³-hybridized carbons (Fsp3) is 0.500. The molecule has 3 heterocycles. The predicted octanol–water partition coefficient (Wildman–Crippen LogP) is 2.57. The molecule has 0 aromatic carbocycles. The lowest BCUT2D eigenvalue weighted by atomic mass is 9.92.